The highest BCUT2D eigenvalue weighted by molar-refractivity contribution is 7.98. The molecule has 0 spiro atoms. The molecule has 2 N–H and O–H groups in total. The normalized spacial score (nSPS) is 11.1. The molecule has 0 aliphatic rings. The third kappa shape index (κ3) is 3.16. The summed E-state index contributed by atoms with van der Waals surface area (Å²) in [5, 5.41) is 8.53. The van der Waals surface area contributed by atoms with E-state index in [2.05, 4.69) is 27.1 Å². The molecule has 0 bridgehead atoms. The number of rotatable bonds is 5. The van der Waals surface area contributed by atoms with E-state index in [1.165, 1.54) is 11.8 Å². The van der Waals surface area contributed by atoms with E-state index in [0.29, 0.717) is 10.9 Å². The molecule has 0 unspecified atom stereocenters. The van der Waals surface area contributed by atoms with Crippen molar-refractivity contribution in [1.29, 1.82) is 0 Å². The van der Waals surface area contributed by atoms with Gasteiger partial charge in [-0.2, -0.15) is 0 Å². The van der Waals surface area contributed by atoms with Crippen LogP contribution in [0, 0.1) is 0 Å². The van der Waals surface area contributed by atoms with Crippen molar-refractivity contribution in [2.75, 3.05) is 0 Å². The third-order valence-electron chi connectivity index (χ3n) is 3.15. The predicted octanol–water partition coefficient (Wildman–Crippen LogP) is 2.89. The van der Waals surface area contributed by atoms with E-state index in [1.54, 1.807) is 6.07 Å². The second-order valence-electron chi connectivity index (χ2n) is 4.81. The number of para-hydroxylation sites is 1. The first-order valence-corrected chi connectivity index (χ1v) is 7.90. The number of aryl methyl sites for hydroxylation is 1. The van der Waals surface area contributed by atoms with Gasteiger partial charge < -0.3 is 4.98 Å². The molecule has 2 aromatic heterocycles. The van der Waals surface area contributed by atoms with Gasteiger partial charge >= 0.3 is 0 Å². The van der Waals surface area contributed by atoms with Gasteiger partial charge in [-0.1, -0.05) is 30.8 Å². The lowest BCUT2D eigenvalue weighted by Gasteiger charge is -2.02. The number of nitrogens with zero attached hydrogens (tertiary/aromatic N) is 2. The fourth-order valence-corrected chi connectivity index (χ4v) is 2.89. The van der Waals surface area contributed by atoms with Crippen LogP contribution in [0.5, 0.6) is 0 Å². The summed E-state index contributed by atoms with van der Waals surface area (Å²) in [6.07, 6.45) is 1.94. The zero-order chi connectivity index (χ0) is 14.7. The summed E-state index contributed by atoms with van der Waals surface area (Å²) in [6.45, 7) is 2.11. The van der Waals surface area contributed by atoms with Crippen LogP contribution in [0.1, 0.15) is 24.9 Å². The van der Waals surface area contributed by atoms with Gasteiger partial charge in [-0.15, -0.1) is 5.10 Å². The molecule has 0 atom stereocenters. The number of H-pyrrole nitrogens is 2. The Kier molecular flexibility index (Phi) is 4.06. The maximum atomic E-state index is 12.0. The molecule has 0 aliphatic heterocycles. The van der Waals surface area contributed by atoms with Crippen molar-refractivity contribution in [2.24, 2.45) is 0 Å². The first-order valence-electron chi connectivity index (χ1n) is 6.91. The van der Waals surface area contributed by atoms with Crippen LogP contribution in [0.2, 0.25) is 0 Å². The van der Waals surface area contributed by atoms with Gasteiger partial charge in [-0.25, -0.2) is 4.98 Å². The summed E-state index contributed by atoms with van der Waals surface area (Å²) in [5.41, 5.74) is 1.79. The lowest BCUT2D eigenvalue weighted by Crippen LogP contribution is -2.04. The number of benzene rings is 1. The van der Waals surface area contributed by atoms with Crippen molar-refractivity contribution in [2.45, 2.75) is 30.7 Å². The highest BCUT2D eigenvalue weighted by Gasteiger charge is 2.06. The highest BCUT2D eigenvalue weighted by atomic mass is 32.2. The van der Waals surface area contributed by atoms with Gasteiger partial charge in [0, 0.05) is 34.8 Å². The molecule has 108 valence electrons. The minimum atomic E-state index is 0.0432. The van der Waals surface area contributed by atoms with Crippen molar-refractivity contribution in [3.8, 4) is 0 Å². The number of aromatic nitrogens is 4. The zero-order valence-electron chi connectivity index (χ0n) is 11.7. The van der Waals surface area contributed by atoms with Gasteiger partial charge in [0.1, 0.15) is 5.82 Å². The average molecular weight is 300 g/mol. The van der Waals surface area contributed by atoms with Crippen molar-refractivity contribution in [3.05, 3.63) is 52.1 Å². The summed E-state index contributed by atoms with van der Waals surface area (Å²) in [7, 11) is 0. The molecule has 0 fully saturated rings. The Balaban J connectivity index is 1.77. The maximum absolute atomic E-state index is 12.0. The number of pyridine rings is 1. The van der Waals surface area contributed by atoms with Crippen molar-refractivity contribution >= 4 is 22.7 Å². The van der Waals surface area contributed by atoms with E-state index in [0.717, 1.165) is 35.3 Å². The highest BCUT2D eigenvalue weighted by Crippen LogP contribution is 2.18. The second-order valence-corrected chi connectivity index (χ2v) is 5.75. The average Bonchev–Trinajstić information content (AvgIpc) is 2.93. The number of fused-ring (bicyclic) bond motifs is 1. The smallest absolute Gasteiger partial charge is 0.208 e. The van der Waals surface area contributed by atoms with E-state index < -0.39 is 0 Å². The van der Waals surface area contributed by atoms with Crippen molar-refractivity contribution < 1.29 is 0 Å². The Bertz CT molecular complexity index is 809. The van der Waals surface area contributed by atoms with E-state index in [4.69, 9.17) is 0 Å². The minimum Gasteiger partial charge on any atom is -0.357 e. The molecule has 3 aromatic rings. The van der Waals surface area contributed by atoms with Gasteiger partial charge in [-0.05, 0) is 18.6 Å². The van der Waals surface area contributed by atoms with Crippen molar-refractivity contribution in [3.63, 3.8) is 0 Å². The zero-order valence-corrected chi connectivity index (χ0v) is 12.5. The second kappa shape index (κ2) is 6.13. The lowest BCUT2D eigenvalue weighted by atomic mass is 10.2. The molecule has 0 amide bonds. The minimum absolute atomic E-state index is 0.0432. The Hall–Kier alpha value is -2.08. The van der Waals surface area contributed by atoms with Crippen LogP contribution < -0.4 is 5.43 Å². The maximum Gasteiger partial charge on any atom is 0.208 e. The molecule has 0 aliphatic carbocycles. The van der Waals surface area contributed by atoms with Crippen LogP contribution >= 0.6 is 11.8 Å². The van der Waals surface area contributed by atoms with Crippen LogP contribution in [-0.4, -0.2) is 20.2 Å². The van der Waals surface area contributed by atoms with Crippen LogP contribution in [-0.2, 0) is 12.2 Å². The quantitative estimate of drug-likeness (QED) is 0.711. The SMILES string of the molecule is CCCc1nc(SCc2cc(=O)c3ccccc3[nH]2)n[nH]1. The lowest BCUT2D eigenvalue weighted by molar-refractivity contribution is 0.840. The molecular formula is C15H16N4OS. The summed E-state index contributed by atoms with van der Waals surface area (Å²) in [5.74, 6) is 1.55. The molecular weight excluding hydrogens is 284 g/mol. The standard InChI is InChI=1S/C15H16N4OS/c1-2-5-14-17-15(19-18-14)21-9-10-8-13(20)11-6-3-4-7-12(11)16-10/h3-4,6-8H,2,5,9H2,1H3,(H,16,20)(H,17,18,19). The van der Waals surface area contributed by atoms with E-state index in [1.807, 2.05) is 24.3 Å². The largest absolute Gasteiger partial charge is 0.357 e. The topological polar surface area (TPSA) is 74.4 Å². The number of nitrogens with one attached hydrogen (secondary N) is 2. The molecule has 0 radical (unpaired) electrons. The fourth-order valence-electron chi connectivity index (χ4n) is 2.16. The molecule has 2 heterocycles. The summed E-state index contributed by atoms with van der Waals surface area (Å²) in [4.78, 5) is 19.7. The van der Waals surface area contributed by atoms with Crippen LogP contribution in [0.4, 0.5) is 0 Å². The van der Waals surface area contributed by atoms with E-state index in [-0.39, 0.29) is 5.43 Å². The molecule has 0 saturated carbocycles. The van der Waals surface area contributed by atoms with E-state index >= 15 is 0 Å². The van der Waals surface area contributed by atoms with Gasteiger partial charge in [0.15, 0.2) is 5.43 Å². The van der Waals surface area contributed by atoms with Crippen LogP contribution in [0.3, 0.4) is 0 Å². The molecule has 1 aromatic carbocycles. The van der Waals surface area contributed by atoms with Gasteiger partial charge in [0.05, 0.1) is 0 Å². The van der Waals surface area contributed by atoms with Gasteiger partial charge in [0.25, 0.3) is 0 Å². The number of hydrogen-bond donors (Lipinski definition) is 2. The fraction of sp³-hybridized carbons (Fsp3) is 0.267. The van der Waals surface area contributed by atoms with Crippen LogP contribution in [0.25, 0.3) is 10.9 Å². The first kappa shape index (κ1) is 13.9. The van der Waals surface area contributed by atoms with Crippen LogP contribution in [0.15, 0.2) is 40.3 Å². The molecule has 21 heavy (non-hydrogen) atoms. The molecule has 3 rings (SSSR count). The Morgan fingerprint density at radius 1 is 1.29 bits per heavy atom. The Morgan fingerprint density at radius 3 is 3.00 bits per heavy atom. The summed E-state index contributed by atoms with van der Waals surface area (Å²) in [6, 6.07) is 9.18. The van der Waals surface area contributed by atoms with E-state index in [9.17, 15) is 4.79 Å². The molecule has 5 nitrogen and oxygen atoms in total. The first-order chi connectivity index (χ1) is 10.3. The summed E-state index contributed by atoms with van der Waals surface area (Å²) < 4.78 is 0. The van der Waals surface area contributed by atoms with Gasteiger partial charge in [-0.3, -0.25) is 9.89 Å². The monoisotopic (exact) mass is 300 g/mol. The molecule has 6 heteroatoms. The van der Waals surface area contributed by atoms with Gasteiger partial charge in [0.2, 0.25) is 5.16 Å². The number of hydrogen-bond acceptors (Lipinski definition) is 4. The third-order valence-corrected chi connectivity index (χ3v) is 4.04. The number of thioether (sulfide) groups is 1. The Morgan fingerprint density at radius 2 is 2.14 bits per heavy atom. The number of aromatic amines is 2. The van der Waals surface area contributed by atoms with Crippen molar-refractivity contribution in [1.82, 2.24) is 20.2 Å². The predicted molar refractivity (Wildman–Crippen MR) is 84.5 cm³/mol. The Labute approximate surface area is 126 Å². The summed E-state index contributed by atoms with van der Waals surface area (Å²) >= 11 is 1.51. The molecule has 0 saturated heterocycles.